The van der Waals surface area contributed by atoms with Crippen LogP contribution in [-0.2, 0) is 0 Å². The van der Waals surface area contributed by atoms with E-state index in [4.69, 9.17) is 5.11 Å². The van der Waals surface area contributed by atoms with Crippen LogP contribution < -0.4 is 0 Å². The van der Waals surface area contributed by atoms with Crippen LogP contribution in [0.3, 0.4) is 0 Å². The van der Waals surface area contributed by atoms with Crippen LogP contribution >= 0.6 is 0 Å². The predicted molar refractivity (Wildman–Crippen MR) is 27.3 cm³/mol. The molecule has 0 aliphatic carbocycles. The Morgan fingerprint density at radius 1 is 1.18 bits per heavy atom. The number of halogens is 5. The van der Waals surface area contributed by atoms with Crippen molar-refractivity contribution in [2.45, 2.75) is 31.5 Å². The Balaban J connectivity index is 4.22. The first-order valence-electron chi connectivity index (χ1n) is 2.79. The maximum atomic E-state index is 11.9. The summed E-state index contributed by atoms with van der Waals surface area (Å²) in [5.74, 6) is -4.79. The second-order valence-electron chi connectivity index (χ2n) is 2.26. The van der Waals surface area contributed by atoms with Crippen molar-refractivity contribution in [1.82, 2.24) is 0 Å². The van der Waals surface area contributed by atoms with E-state index in [2.05, 4.69) is 0 Å². The Kier molecular flexibility index (Phi) is 2.82. The molecule has 0 aromatic carbocycles. The summed E-state index contributed by atoms with van der Waals surface area (Å²) in [6.45, 7) is 0.875. The summed E-state index contributed by atoms with van der Waals surface area (Å²) >= 11 is 0. The van der Waals surface area contributed by atoms with Gasteiger partial charge in [-0.15, -0.1) is 0 Å². The number of hydrogen-bond donors (Lipinski definition) is 1. The summed E-state index contributed by atoms with van der Waals surface area (Å²) in [4.78, 5) is 0. The molecule has 0 radical (unpaired) electrons. The van der Waals surface area contributed by atoms with Crippen molar-refractivity contribution in [3.05, 3.63) is 0 Å². The summed E-state index contributed by atoms with van der Waals surface area (Å²) in [6, 6.07) is 0. The van der Waals surface area contributed by atoms with Crippen molar-refractivity contribution in [3.63, 3.8) is 0 Å². The molecule has 0 bridgehead atoms. The van der Waals surface area contributed by atoms with Gasteiger partial charge in [-0.3, -0.25) is 0 Å². The lowest BCUT2D eigenvalue weighted by Crippen LogP contribution is -2.38. The Bertz CT molecular complexity index is 127. The van der Waals surface area contributed by atoms with Crippen molar-refractivity contribution < 1.29 is 27.1 Å². The standard InChI is InChI=1S/C5H7F5O/c1-3(11)2-4(6,7)5(8,9)10/h3,11H,2H2,1H3. The van der Waals surface area contributed by atoms with Gasteiger partial charge >= 0.3 is 12.1 Å². The normalized spacial score (nSPS) is 16.6. The van der Waals surface area contributed by atoms with Gasteiger partial charge in [-0.05, 0) is 6.92 Å². The largest absolute Gasteiger partial charge is 0.453 e. The van der Waals surface area contributed by atoms with Gasteiger partial charge in [0.2, 0.25) is 0 Å². The SMILES string of the molecule is CC(O)CC(F)(F)C(F)(F)F. The lowest BCUT2D eigenvalue weighted by Gasteiger charge is -2.20. The second-order valence-corrected chi connectivity index (χ2v) is 2.26. The minimum atomic E-state index is -5.57. The van der Waals surface area contributed by atoms with Gasteiger partial charge in [0.15, 0.2) is 0 Å². The van der Waals surface area contributed by atoms with Crippen LogP contribution in [0.2, 0.25) is 0 Å². The number of rotatable bonds is 2. The molecule has 0 aromatic rings. The van der Waals surface area contributed by atoms with Crippen molar-refractivity contribution in [2.75, 3.05) is 0 Å². The van der Waals surface area contributed by atoms with E-state index in [-0.39, 0.29) is 0 Å². The third kappa shape index (κ3) is 3.00. The van der Waals surface area contributed by atoms with Crippen molar-refractivity contribution >= 4 is 0 Å². The van der Waals surface area contributed by atoms with Crippen molar-refractivity contribution in [2.24, 2.45) is 0 Å². The molecule has 1 unspecified atom stereocenters. The van der Waals surface area contributed by atoms with E-state index in [0.29, 0.717) is 0 Å². The van der Waals surface area contributed by atoms with Gasteiger partial charge in [0.05, 0.1) is 6.10 Å². The van der Waals surface area contributed by atoms with Crippen LogP contribution in [0.1, 0.15) is 13.3 Å². The molecule has 0 fully saturated rings. The molecule has 0 saturated carbocycles. The van der Waals surface area contributed by atoms with Gasteiger partial charge in [-0.2, -0.15) is 22.0 Å². The fourth-order valence-electron chi connectivity index (χ4n) is 0.487. The lowest BCUT2D eigenvalue weighted by molar-refractivity contribution is -0.289. The zero-order chi connectivity index (χ0) is 9.28. The third-order valence-electron chi connectivity index (χ3n) is 0.967. The van der Waals surface area contributed by atoms with Crippen LogP contribution in [0, 0.1) is 0 Å². The monoisotopic (exact) mass is 178 g/mol. The van der Waals surface area contributed by atoms with Crippen molar-refractivity contribution in [3.8, 4) is 0 Å². The first-order valence-corrected chi connectivity index (χ1v) is 2.79. The maximum Gasteiger partial charge on any atom is 0.453 e. The highest BCUT2D eigenvalue weighted by atomic mass is 19.4. The summed E-state index contributed by atoms with van der Waals surface area (Å²) in [7, 11) is 0. The average molecular weight is 178 g/mol. The molecule has 6 heteroatoms. The van der Waals surface area contributed by atoms with Gasteiger partial charge in [0.1, 0.15) is 0 Å². The Morgan fingerprint density at radius 2 is 1.55 bits per heavy atom. The van der Waals surface area contributed by atoms with Gasteiger partial charge in [-0.25, -0.2) is 0 Å². The molecule has 0 rings (SSSR count). The molecule has 0 aromatic heterocycles. The molecule has 0 amide bonds. The molecular formula is C5H7F5O. The predicted octanol–water partition coefficient (Wildman–Crippen LogP) is 1.95. The molecule has 0 saturated heterocycles. The van der Waals surface area contributed by atoms with E-state index in [1.54, 1.807) is 0 Å². The Labute approximate surface area is 59.8 Å². The van der Waals surface area contributed by atoms with E-state index >= 15 is 0 Å². The first-order chi connectivity index (χ1) is 4.67. The Morgan fingerprint density at radius 3 is 1.64 bits per heavy atom. The molecule has 0 aliphatic heterocycles. The number of aliphatic hydroxyl groups excluding tert-OH is 1. The van der Waals surface area contributed by atoms with Gasteiger partial charge in [-0.1, -0.05) is 0 Å². The van der Waals surface area contributed by atoms with Crippen LogP contribution in [0.4, 0.5) is 22.0 Å². The van der Waals surface area contributed by atoms with Gasteiger partial charge in [0, 0.05) is 6.42 Å². The molecule has 11 heavy (non-hydrogen) atoms. The fourth-order valence-corrected chi connectivity index (χ4v) is 0.487. The number of aliphatic hydroxyl groups is 1. The number of hydrogen-bond acceptors (Lipinski definition) is 1. The molecule has 1 N–H and O–H groups in total. The molecular weight excluding hydrogens is 171 g/mol. The zero-order valence-corrected chi connectivity index (χ0v) is 5.62. The van der Waals surface area contributed by atoms with Crippen LogP contribution in [0.25, 0.3) is 0 Å². The summed E-state index contributed by atoms with van der Waals surface area (Å²) in [5.41, 5.74) is 0. The third-order valence-corrected chi connectivity index (χ3v) is 0.967. The van der Waals surface area contributed by atoms with E-state index in [1.165, 1.54) is 0 Å². The highest BCUT2D eigenvalue weighted by molar-refractivity contribution is 4.77. The molecule has 68 valence electrons. The summed E-state index contributed by atoms with van der Waals surface area (Å²) in [5, 5.41) is 8.27. The van der Waals surface area contributed by atoms with Crippen LogP contribution in [0.15, 0.2) is 0 Å². The quantitative estimate of drug-likeness (QED) is 0.641. The van der Waals surface area contributed by atoms with E-state index in [1.807, 2.05) is 0 Å². The smallest absolute Gasteiger partial charge is 0.393 e. The number of alkyl halides is 5. The van der Waals surface area contributed by atoms with Gasteiger partial charge in [0.25, 0.3) is 0 Å². The summed E-state index contributed by atoms with van der Waals surface area (Å²) in [6.07, 6.45) is -8.81. The second kappa shape index (κ2) is 2.92. The molecule has 0 spiro atoms. The fraction of sp³-hybridized carbons (Fsp3) is 1.00. The van der Waals surface area contributed by atoms with Crippen molar-refractivity contribution in [1.29, 1.82) is 0 Å². The van der Waals surface area contributed by atoms with Crippen LogP contribution in [0.5, 0.6) is 0 Å². The molecule has 0 aliphatic rings. The molecule has 1 atom stereocenters. The van der Waals surface area contributed by atoms with E-state index < -0.39 is 24.6 Å². The highest BCUT2D eigenvalue weighted by Crippen LogP contribution is 2.38. The lowest BCUT2D eigenvalue weighted by atomic mass is 10.1. The van der Waals surface area contributed by atoms with E-state index in [9.17, 15) is 22.0 Å². The van der Waals surface area contributed by atoms with Gasteiger partial charge < -0.3 is 5.11 Å². The first kappa shape index (κ1) is 10.6. The topological polar surface area (TPSA) is 20.2 Å². The maximum absolute atomic E-state index is 11.9. The Hall–Kier alpha value is -0.390. The molecule has 1 nitrogen and oxygen atoms in total. The molecule has 0 heterocycles. The minimum Gasteiger partial charge on any atom is -0.393 e. The van der Waals surface area contributed by atoms with E-state index in [0.717, 1.165) is 6.92 Å². The zero-order valence-electron chi connectivity index (χ0n) is 5.62. The van der Waals surface area contributed by atoms with Crippen LogP contribution in [-0.4, -0.2) is 23.3 Å². The average Bonchev–Trinajstić information content (AvgIpc) is 1.56. The minimum absolute atomic E-state index is 0.875. The summed E-state index contributed by atoms with van der Waals surface area (Å²) < 4.78 is 57.8. The highest BCUT2D eigenvalue weighted by Gasteiger charge is 2.57.